The minimum atomic E-state index is -1.34. The highest BCUT2D eigenvalue weighted by Crippen LogP contribution is 2.16. The zero-order valence-corrected chi connectivity index (χ0v) is 9.35. The summed E-state index contributed by atoms with van der Waals surface area (Å²) < 4.78 is 0. The summed E-state index contributed by atoms with van der Waals surface area (Å²) in [6.45, 7) is 0. The summed E-state index contributed by atoms with van der Waals surface area (Å²) in [6, 6.07) is 12.9. The van der Waals surface area contributed by atoms with Gasteiger partial charge >= 0.3 is 6.09 Å². The van der Waals surface area contributed by atoms with E-state index in [4.69, 9.17) is 5.11 Å². The number of carbonyl (C=O) groups is 2. The minimum absolute atomic E-state index is 0.0868. The van der Waals surface area contributed by atoms with Crippen LogP contribution in [0.1, 0.15) is 10.5 Å². The van der Waals surface area contributed by atoms with Crippen LogP contribution in [0.25, 0.3) is 0 Å². The number of rotatable bonds is 2. The third-order valence-electron chi connectivity index (χ3n) is 2.29. The number of benzene rings is 1. The average Bonchev–Trinajstić information content (AvgIpc) is 2.40. The number of hydrogen-bond donors (Lipinski definition) is 1. The molecule has 1 aromatic heterocycles. The number of pyridine rings is 1. The van der Waals surface area contributed by atoms with E-state index in [0.717, 1.165) is 0 Å². The summed E-state index contributed by atoms with van der Waals surface area (Å²) in [5.41, 5.74) is 0.379. The molecule has 1 heterocycles. The first-order valence-corrected chi connectivity index (χ1v) is 5.23. The fourth-order valence-electron chi connectivity index (χ4n) is 1.50. The fourth-order valence-corrected chi connectivity index (χ4v) is 1.50. The maximum Gasteiger partial charge on any atom is 0.419 e. The summed E-state index contributed by atoms with van der Waals surface area (Å²) in [5, 5.41) is 9.14. The molecule has 1 aromatic carbocycles. The van der Waals surface area contributed by atoms with Gasteiger partial charge in [0.1, 0.15) is 5.69 Å². The van der Waals surface area contributed by atoms with Crippen LogP contribution >= 0.6 is 0 Å². The Labute approximate surface area is 103 Å². The van der Waals surface area contributed by atoms with E-state index in [-0.39, 0.29) is 5.69 Å². The van der Waals surface area contributed by atoms with Gasteiger partial charge in [0, 0.05) is 6.20 Å². The quantitative estimate of drug-likeness (QED) is 0.877. The van der Waals surface area contributed by atoms with Crippen molar-refractivity contribution in [1.29, 1.82) is 0 Å². The molecule has 1 N–H and O–H groups in total. The number of carboxylic acid groups (broad SMARTS) is 1. The molecule has 2 rings (SSSR count). The van der Waals surface area contributed by atoms with E-state index in [1.54, 1.807) is 42.5 Å². The molecule has 0 aliphatic heterocycles. The van der Waals surface area contributed by atoms with Gasteiger partial charge in [0.2, 0.25) is 0 Å². The summed E-state index contributed by atoms with van der Waals surface area (Å²) >= 11 is 0. The second-order valence-corrected chi connectivity index (χ2v) is 3.47. The number of hydrogen-bond acceptors (Lipinski definition) is 3. The molecule has 0 saturated carbocycles. The molecule has 0 unspecified atom stereocenters. The van der Waals surface area contributed by atoms with Gasteiger partial charge in [-0.05, 0) is 24.3 Å². The average molecular weight is 242 g/mol. The van der Waals surface area contributed by atoms with E-state index in [0.29, 0.717) is 10.6 Å². The lowest BCUT2D eigenvalue weighted by Crippen LogP contribution is -2.36. The van der Waals surface area contributed by atoms with E-state index >= 15 is 0 Å². The predicted octanol–water partition coefficient (Wildman–Crippen LogP) is 2.41. The number of carbonyl (C=O) groups excluding carboxylic acids is 1. The highest BCUT2D eigenvalue weighted by Gasteiger charge is 2.24. The number of imide groups is 1. The Kier molecular flexibility index (Phi) is 3.33. The van der Waals surface area contributed by atoms with Crippen molar-refractivity contribution in [2.45, 2.75) is 0 Å². The molecule has 0 fully saturated rings. The summed E-state index contributed by atoms with van der Waals surface area (Å²) in [4.78, 5) is 27.8. The number of nitrogens with zero attached hydrogens (tertiary/aromatic N) is 2. The van der Waals surface area contributed by atoms with E-state index in [9.17, 15) is 9.59 Å². The highest BCUT2D eigenvalue weighted by atomic mass is 16.4. The smallest absolute Gasteiger partial charge is 0.419 e. The lowest BCUT2D eigenvalue weighted by atomic mass is 10.2. The van der Waals surface area contributed by atoms with Crippen LogP contribution in [0.5, 0.6) is 0 Å². The SMILES string of the molecule is O=C(O)N(C(=O)c1ccccn1)c1ccccc1. The molecular formula is C13H10N2O3. The number of aromatic nitrogens is 1. The number of amides is 2. The summed E-state index contributed by atoms with van der Waals surface area (Å²) in [5.74, 6) is -0.672. The van der Waals surface area contributed by atoms with Crippen LogP contribution in [-0.2, 0) is 0 Å². The molecule has 90 valence electrons. The normalized spacial score (nSPS) is 9.78. The Balaban J connectivity index is 2.39. The molecule has 0 atom stereocenters. The van der Waals surface area contributed by atoms with Crippen LogP contribution in [0, 0.1) is 0 Å². The highest BCUT2D eigenvalue weighted by molar-refractivity contribution is 6.17. The lowest BCUT2D eigenvalue weighted by molar-refractivity contribution is 0.0978. The van der Waals surface area contributed by atoms with Crippen molar-refractivity contribution >= 4 is 17.7 Å². The van der Waals surface area contributed by atoms with Crippen LogP contribution in [0.2, 0.25) is 0 Å². The van der Waals surface area contributed by atoms with E-state index in [1.165, 1.54) is 12.3 Å². The molecule has 5 nitrogen and oxygen atoms in total. The fraction of sp³-hybridized carbons (Fsp3) is 0. The van der Waals surface area contributed by atoms with E-state index in [2.05, 4.69) is 4.98 Å². The van der Waals surface area contributed by atoms with Gasteiger partial charge in [-0.25, -0.2) is 9.69 Å². The maximum atomic E-state index is 12.1. The topological polar surface area (TPSA) is 70.5 Å². The molecule has 0 aliphatic rings. The van der Waals surface area contributed by atoms with Crippen LogP contribution in [0.3, 0.4) is 0 Å². The molecule has 2 aromatic rings. The van der Waals surface area contributed by atoms with Crippen molar-refractivity contribution in [1.82, 2.24) is 4.98 Å². The van der Waals surface area contributed by atoms with Crippen LogP contribution in [0.15, 0.2) is 54.7 Å². The minimum Gasteiger partial charge on any atom is -0.464 e. The Morgan fingerprint density at radius 3 is 2.22 bits per heavy atom. The van der Waals surface area contributed by atoms with Gasteiger partial charge < -0.3 is 5.11 Å². The number of para-hydroxylation sites is 1. The van der Waals surface area contributed by atoms with Gasteiger partial charge in [-0.15, -0.1) is 0 Å². The van der Waals surface area contributed by atoms with Crippen LogP contribution < -0.4 is 4.90 Å². The Bertz CT molecular complexity index is 555. The third kappa shape index (κ3) is 2.35. The molecular weight excluding hydrogens is 232 g/mol. The standard InChI is InChI=1S/C13H10N2O3/c16-12(11-8-4-5-9-14-11)15(13(17)18)10-6-2-1-3-7-10/h1-9H,(H,17,18). The lowest BCUT2D eigenvalue weighted by Gasteiger charge is -2.16. The second kappa shape index (κ2) is 5.09. The first-order chi connectivity index (χ1) is 8.70. The Hall–Kier alpha value is -2.69. The third-order valence-corrected chi connectivity index (χ3v) is 2.29. The molecule has 0 aliphatic carbocycles. The molecule has 2 amide bonds. The van der Waals surface area contributed by atoms with Crippen molar-refractivity contribution in [3.05, 3.63) is 60.4 Å². The molecule has 5 heteroatoms. The largest absolute Gasteiger partial charge is 0.464 e. The first-order valence-electron chi connectivity index (χ1n) is 5.23. The van der Waals surface area contributed by atoms with Crippen molar-refractivity contribution in [2.75, 3.05) is 4.90 Å². The number of anilines is 1. The van der Waals surface area contributed by atoms with Gasteiger partial charge in [0.15, 0.2) is 0 Å². The monoisotopic (exact) mass is 242 g/mol. The molecule has 0 radical (unpaired) electrons. The first kappa shape index (κ1) is 11.8. The van der Waals surface area contributed by atoms with Crippen LogP contribution in [0.4, 0.5) is 10.5 Å². The summed E-state index contributed by atoms with van der Waals surface area (Å²) in [7, 11) is 0. The van der Waals surface area contributed by atoms with Gasteiger partial charge in [-0.2, -0.15) is 0 Å². The second-order valence-electron chi connectivity index (χ2n) is 3.47. The van der Waals surface area contributed by atoms with Gasteiger partial charge in [-0.3, -0.25) is 9.78 Å². The molecule has 0 bridgehead atoms. The zero-order chi connectivity index (χ0) is 13.0. The van der Waals surface area contributed by atoms with Gasteiger partial charge in [0.25, 0.3) is 5.91 Å². The molecule has 0 spiro atoms. The van der Waals surface area contributed by atoms with Gasteiger partial charge in [0.05, 0.1) is 5.69 Å². The summed E-state index contributed by atoms with van der Waals surface area (Å²) in [6.07, 6.45) is 0.106. The van der Waals surface area contributed by atoms with Crippen molar-refractivity contribution in [3.8, 4) is 0 Å². The maximum absolute atomic E-state index is 12.1. The molecule has 18 heavy (non-hydrogen) atoms. The van der Waals surface area contributed by atoms with E-state index < -0.39 is 12.0 Å². The van der Waals surface area contributed by atoms with Crippen molar-refractivity contribution < 1.29 is 14.7 Å². The Morgan fingerprint density at radius 1 is 1.00 bits per heavy atom. The van der Waals surface area contributed by atoms with Gasteiger partial charge in [-0.1, -0.05) is 24.3 Å². The Morgan fingerprint density at radius 2 is 1.67 bits per heavy atom. The predicted molar refractivity (Wildman–Crippen MR) is 65.5 cm³/mol. The van der Waals surface area contributed by atoms with Crippen molar-refractivity contribution in [2.24, 2.45) is 0 Å². The van der Waals surface area contributed by atoms with Crippen molar-refractivity contribution in [3.63, 3.8) is 0 Å². The zero-order valence-electron chi connectivity index (χ0n) is 9.35. The molecule has 0 saturated heterocycles. The van der Waals surface area contributed by atoms with E-state index in [1.807, 2.05) is 0 Å². The van der Waals surface area contributed by atoms with Crippen LogP contribution in [-0.4, -0.2) is 22.1 Å².